The highest BCUT2D eigenvalue weighted by atomic mass is 35.5. The van der Waals surface area contributed by atoms with Crippen LogP contribution in [0.1, 0.15) is 24.2 Å². The standard InChI is InChI=1S/C18H22ClN5O3/c19-14-4-1-12(2-5-14)8-10-24-11-13(3-6-16(24)25)17(26)20-9-7-15-21-18(27)23-22-15/h1-2,4-5,13H,3,6-11H2,(H,20,26)(H2,21,22,23,27). The topological polar surface area (TPSA) is 111 Å². The Morgan fingerprint density at radius 2 is 2.04 bits per heavy atom. The molecule has 0 spiro atoms. The van der Waals surface area contributed by atoms with Gasteiger partial charge in [0.05, 0.1) is 5.92 Å². The molecule has 0 saturated carbocycles. The minimum atomic E-state index is -0.363. The first-order valence-corrected chi connectivity index (χ1v) is 9.32. The Kier molecular flexibility index (Phi) is 6.28. The number of benzene rings is 1. The van der Waals surface area contributed by atoms with Crippen LogP contribution in [0.5, 0.6) is 0 Å². The number of carbonyl (C=O) groups excluding carboxylic acids is 2. The Bertz CT molecular complexity index is 845. The molecule has 2 heterocycles. The van der Waals surface area contributed by atoms with Crippen LogP contribution in [-0.4, -0.2) is 51.5 Å². The van der Waals surface area contributed by atoms with Crippen LogP contribution >= 0.6 is 11.6 Å². The van der Waals surface area contributed by atoms with Gasteiger partial charge in [-0.2, -0.15) is 5.10 Å². The summed E-state index contributed by atoms with van der Waals surface area (Å²) in [6.07, 6.45) is 2.10. The molecule has 9 heteroatoms. The number of H-pyrrole nitrogens is 2. The van der Waals surface area contributed by atoms with Crippen LogP contribution in [0.2, 0.25) is 5.02 Å². The van der Waals surface area contributed by atoms with Crippen molar-refractivity contribution < 1.29 is 9.59 Å². The molecule has 0 bridgehead atoms. The van der Waals surface area contributed by atoms with Crippen molar-refractivity contribution in [2.45, 2.75) is 25.7 Å². The average Bonchev–Trinajstić information content (AvgIpc) is 3.07. The first-order valence-electron chi connectivity index (χ1n) is 8.95. The van der Waals surface area contributed by atoms with E-state index < -0.39 is 0 Å². The zero-order valence-corrected chi connectivity index (χ0v) is 15.6. The smallest absolute Gasteiger partial charge is 0.340 e. The third kappa shape index (κ3) is 5.43. The number of likely N-dealkylation sites (tertiary alicyclic amines) is 1. The summed E-state index contributed by atoms with van der Waals surface area (Å²) in [7, 11) is 0. The van der Waals surface area contributed by atoms with Gasteiger partial charge in [-0.1, -0.05) is 23.7 Å². The van der Waals surface area contributed by atoms with Crippen LogP contribution in [-0.2, 0) is 22.4 Å². The van der Waals surface area contributed by atoms with Crippen LogP contribution in [0.25, 0.3) is 0 Å². The second-order valence-electron chi connectivity index (χ2n) is 6.62. The third-order valence-electron chi connectivity index (χ3n) is 4.67. The van der Waals surface area contributed by atoms with Crippen molar-refractivity contribution >= 4 is 23.4 Å². The van der Waals surface area contributed by atoms with Crippen molar-refractivity contribution in [3.05, 3.63) is 51.2 Å². The normalized spacial score (nSPS) is 17.1. The number of aromatic amines is 2. The Morgan fingerprint density at radius 1 is 1.26 bits per heavy atom. The molecule has 1 aromatic heterocycles. The van der Waals surface area contributed by atoms with Gasteiger partial charge in [-0.25, -0.2) is 9.89 Å². The van der Waals surface area contributed by atoms with Gasteiger partial charge in [0.15, 0.2) is 0 Å². The van der Waals surface area contributed by atoms with E-state index in [4.69, 9.17) is 11.6 Å². The summed E-state index contributed by atoms with van der Waals surface area (Å²) < 4.78 is 0. The zero-order chi connectivity index (χ0) is 19.2. The summed E-state index contributed by atoms with van der Waals surface area (Å²) in [6, 6.07) is 7.55. The molecule has 2 amide bonds. The van der Waals surface area contributed by atoms with Crippen molar-refractivity contribution in [2.24, 2.45) is 5.92 Å². The predicted octanol–water partition coefficient (Wildman–Crippen LogP) is 0.891. The van der Waals surface area contributed by atoms with E-state index in [1.807, 2.05) is 24.3 Å². The first kappa shape index (κ1) is 19.2. The summed E-state index contributed by atoms with van der Waals surface area (Å²) in [5.41, 5.74) is 0.741. The lowest BCUT2D eigenvalue weighted by molar-refractivity contribution is -0.138. The van der Waals surface area contributed by atoms with Crippen LogP contribution in [0.4, 0.5) is 0 Å². The van der Waals surface area contributed by atoms with E-state index in [-0.39, 0.29) is 23.4 Å². The van der Waals surface area contributed by atoms with Crippen LogP contribution < -0.4 is 11.0 Å². The number of rotatable bonds is 7. The summed E-state index contributed by atoms with van der Waals surface area (Å²) in [4.78, 5) is 39.8. The molecule has 144 valence electrons. The van der Waals surface area contributed by atoms with Gasteiger partial charge in [0.25, 0.3) is 0 Å². The van der Waals surface area contributed by atoms with E-state index in [2.05, 4.69) is 20.5 Å². The summed E-state index contributed by atoms with van der Waals surface area (Å²) in [5, 5.41) is 9.63. The first-order chi connectivity index (χ1) is 13.0. The third-order valence-corrected chi connectivity index (χ3v) is 4.92. The van der Waals surface area contributed by atoms with E-state index >= 15 is 0 Å². The maximum atomic E-state index is 12.4. The number of hydrogen-bond acceptors (Lipinski definition) is 4. The molecular weight excluding hydrogens is 370 g/mol. The predicted molar refractivity (Wildman–Crippen MR) is 100 cm³/mol. The number of nitrogens with zero attached hydrogens (tertiary/aromatic N) is 2. The average molecular weight is 392 g/mol. The quantitative estimate of drug-likeness (QED) is 0.650. The number of nitrogens with one attached hydrogen (secondary N) is 3. The fourth-order valence-corrected chi connectivity index (χ4v) is 3.26. The van der Waals surface area contributed by atoms with E-state index in [9.17, 15) is 14.4 Å². The minimum absolute atomic E-state index is 0.0723. The van der Waals surface area contributed by atoms with E-state index in [0.29, 0.717) is 49.7 Å². The monoisotopic (exact) mass is 391 g/mol. The van der Waals surface area contributed by atoms with Gasteiger partial charge in [0.2, 0.25) is 11.8 Å². The van der Waals surface area contributed by atoms with Gasteiger partial charge in [-0.05, 0) is 30.5 Å². The lowest BCUT2D eigenvalue weighted by atomic mass is 9.96. The van der Waals surface area contributed by atoms with Gasteiger partial charge in [-0.3, -0.25) is 14.6 Å². The van der Waals surface area contributed by atoms with Gasteiger partial charge in [-0.15, -0.1) is 0 Å². The Labute approximate surface area is 161 Å². The number of carbonyl (C=O) groups is 2. The number of halogens is 1. The summed E-state index contributed by atoms with van der Waals surface area (Å²) >= 11 is 5.89. The lowest BCUT2D eigenvalue weighted by Gasteiger charge is -2.32. The summed E-state index contributed by atoms with van der Waals surface area (Å²) in [5.74, 6) is 0.300. The Balaban J connectivity index is 1.46. The maximum absolute atomic E-state index is 12.4. The van der Waals surface area contributed by atoms with Crippen LogP contribution in [0, 0.1) is 5.92 Å². The molecule has 1 aliphatic heterocycles. The molecule has 0 radical (unpaired) electrons. The molecule has 0 aliphatic carbocycles. The van der Waals surface area contributed by atoms with E-state index in [1.54, 1.807) is 4.90 Å². The molecule has 3 N–H and O–H groups in total. The molecule has 1 atom stereocenters. The van der Waals surface area contributed by atoms with E-state index in [0.717, 1.165) is 12.0 Å². The molecule has 1 aliphatic rings. The lowest BCUT2D eigenvalue weighted by Crippen LogP contribution is -2.46. The highest BCUT2D eigenvalue weighted by molar-refractivity contribution is 6.30. The molecule has 8 nitrogen and oxygen atoms in total. The van der Waals surface area contributed by atoms with E-state index in [1.165, 1.54) is 0 Å². The molecule has 27 heavy (non-hydrogen) atoms. The SMILES string of the molecule is O=C(NCCc1n[nH]c(=O)[nH]1)C1CCC(=O)N(CCc2ccc(Cl)cc2)C1. The van der Waals surface area contributed by atoms with Crippen molar-refractivity contribution in [3.8, 4) is 0 Å². The fraction of sp³-hybridized carbons (Fsp3) is 0.444. The molecular formula is C18H22ClN5O3. The van der Waals surface area contributed by atoms with Crippen LogP contribution in [0.3, 0.4) is 0 Å². The highest BCUT2D eigenvalue weighted by Gasteiger charge is 2.29. The van der Waals surface area contributed by atoms with Crippen molar-refractivity contribution in [2.75, 3.05) is 19.6 Å². The highest BCUT2D eigenvalue weighted by Crippen LogP contribution is 2.19. The van der Waals surface area contributed by atoms with Gasteiger partial charge in [0.1, 0.15) is 5.82 Å². The van der Waals surface area contributed by atoms with Crippen molar-refractivity contribution in [1.82, 2.24) is 25.4 Å². The second-order valence-corrected chi connectivity index (χ2v) is 7.05. The molecule has 2 aromatic rings. The molecule has 1 fully saturated rings. The Hall–Kier alpha value is -2.61. The number of amides is 2. The minimum Gasteiger partial charge on any atom is -0.355 e. The largest absolute Gasteiger partial charge is 0.355 e. The summed E-state index contributed by atoms with van der Waals surface area (Å²) in [6.45, 7) is 1.39. The van der Waals surface area contributed by atoms with Crippen LogP contribution in [0.15, 0.2) is 29.1 Å². The van der Waals surface area contributed by atoms with Gasteiger partial charge < -0.3 is 10.2 Å². The number of aromatic nitrogens is 3. The molecule has 1 aromatic carbocycles. The number of hydrogen-bond donors (Lipinski definition) is 3. The van der Waals surface area contributed by atoms with Gasteiger partial charge in [0, 0.05) is 37.5 Å². The van der Waals surface area contributed by atoms with Crippen molar-refractivity contribution in [1.29, 1.82) is 0 Å². The fourth-order valence-electron chi connectivity index (χ4n) is 3.13. The zero-order valence-electron chi connectivity index (χ0n) is 14.8. The second kappa shape index (κ2) is 8.85. The van der Waals surface area contributed by atoms with Gasteiger partial charge >= 0.3 is 5.69 Å². The van der Waals surface area contributed by atoms with Crippen molar-refractivity contribution in [3.63, 3.8) is 0 Å². The number of piperidine rings is 1. The molecule has 1 saturated heterocycles. The Morgan fingerprint density at radius 3 is 2.74 bits per heavy atom. The molecule has 1 unspecified atom stereocenters. The maximum Gasteiger partial charge on any atom is 0.340 e. The molecule has 3 rings (SSSR count).